The van der Waals surface area contributed by atoms with Crippen molar-refractivity contribution in [3.63, 3.8) is 0 Å². The number of ketones is 6. The number of alkyl halides is 2. The van der Waals surface area contributed by atoms with Crippen LogP contribution in [-0.4, -0.2) is 40.0 Å². The van der Waals surface area contributed by atoms with Crippen molar-refractivity contribution in [1.82, 2.24) is 0 Å². The smallest absolute Gasteiger partial charge is 0.193 e. The average Bonchev–Trinajstić information content (AvgIpc) is 3.04. The van der Waals surface area contributed by atoms with Crippen molar-refractivity contribution in [3.8, 4) is 0 Å². The van der Waals surface area contributed by atoms with Gasteiger partial charge in [-0.1, -0.05) is 69.0 Å². The van der Waals surface area contributed by atoms with Gasteiger partial charge in [0.15, 0.2) is 34.7 Å². The molecule has 0 heterocycles. The van der Waals surface area contributed by atoms with Crippen LogP contribution in [0.1, 0.15) is 91.6 Å². The molecule has 6 nitrogen and oxygen atoms in total. The quantitative estimate of drug-likeness (QED) is 0.122. The van der Waals surface area contributed by atoms with E-state index in [1.165, 1.54) is 29.9 Å². The molecule has 0 unspecified atom stereocenters. The maximum absolute atomic E-state index is 11.7. The number of hydrogen-bond donors (Lipinski definition) is 0. The van der Waals surface area contributed by atoms with Crippen molar-refractivity contribution in [2.45, 2.75) is 69.2 Å². The van der Waals surface area contributed by atoms with Crippen molar-refractivity contribution in [3.05, 3.63) is 128 Å². The van der Waals surface area contributed by atoms with Gasteiger partial charge in [-0.25, -0.2) is 0 Å². The van der Waals surface area contributed by atoms with E-state index in [0.29, 0.717) is 50.7 Å². The Kier molecular flexibility index (Phi) is 20.2. The number of carbonyl (C=O) groups is 6. The molecule has 260 valence electrons. The molecular weight excluding hydrogens is 715 g/mol. The van der Waals surface area contributed by atoms with Crippen LogP contribution in [0.2, 0.25) is 0 Å². The van der Waals surface area contributed by atoms with Crippen molar-refractivity contribution in [1.29, 1.82) is 0 Å². The second kappa shape index (κ2) is 22.0. The van der Waals surface area contributed by atoms with E-state index in [-0.39, 0.29) is 54.9 Å². The fourth-order valence-electron chi connectivity index (χ4n) is 4.16. The fraction of sp³-hybridized carbons (Fsp3) is 0.282. The fourth-order valence-corrected chi connectivity index (χ4v) is 4.48. The minimum absolute atomic E-state index is 0. The zero-order valence-corrected chi connectivity index (χ0v) is 29.9. The van der Waals surface area contributed by atoms with Gasteiger partial charge < -0.3 is 0 Å². The average molecular weight is 765 g/mol. The molecule has 0 saturated heterocycles. The third-order valence-corrected chi connectivity index (χ3v) is 7.34. The van der Waals surface area contributed by atoms with E-state index in [4.69, 9.17) is 26.2 Å². The minimum Gasteiger partial charge on any atom is -0.290 e. The molecule has 4 aliphatic rings. The number of rotatable bonds is 1. The summed E-state index contributed by atoms with van der Waals surface area (Å²) in [5, 5.41) is 0.194. The van der Waals surface area contributed by atoms with Gasteiger partial charge in [-0.3, -0.25) is 28.8 Å². The van der Waals surface area contributed by atoms with Crippen molar-refractivity contribution < 1.29 is 31.7 Å². The van der Waals surface area contributed by atoms with E-state index in [9.17, 15) is 28.8 Å². The van der Waals surface area contributed by atoms with E-state index in [1.54, 1.807) is 39.0 Å². The molecule has 0 aliphatic heterocycles. The number of carbonyl (C=O) groups excluding carboxylic acids is 6. The Hall–Kier alpha value is -3.78. The van der Waals surface area contributed by atoms with Gasteiger partial charge in [0.2, 0.25) is 0 Å². The van der Waals surface area contributed by atoms with Gasteiger partial charge in [0.05, 0.1) is 9.82 Å². The number of hydrogen-bond acceptors (Lipinski definition) is 6. The predicted octanol–water partition coefficient (Wildman–Crippen LogP) is 10.5. The molecule has 0 radical (unpaired) electrons. The summed E-state index contributed by atoms with van der Waals surface area (Å²) in [7, 11) is 0. The Balaban J connectivity index is -0.000000581. The van der Waals surface area contributed by atoms with Crippen LogP contribution >= 0.6 is 39.1 Å². The van der Waals surface area contributed by atoms with Crippen molar-refractivity contribution >= 4 is 73.8 Å². The standard InChI is InChI=1S/C12H12O2.C12H10O2.C7H5BrO2.C5H8.CH2Cl2.2CH4.H2/c2*1-7-3-4-9-10(5-7)12(14)8(2)6-11(9)13;1-4-2-7(10)5(8)3-6(4)9;1-4-5(2)3;2-1-3;;;/h3,6H,4-5H2,1-2H3;3-6H,1-2H3;2-3H,1H3;4H,1-2H2,3H3;1H2;2*1H4;1H/i;;;;;;;1+1D. The number of benzene rings is 1. The second-order valence-corrected chi connectivity index (χ2v) is 12.3. The molecule has 0 spiro atoms. The maximum atomic E-state index is 11.7. The summed E-state index contributed by atoms with van der Waals surface area (Å²) in [6, 6.07) is 5.33. The Morgan fingerprint density at radius 2 is 1.29 bits per heavy atom. The van der Waals surface area contributed by atoms with Gasteiger partial charge in [0, 0.05) is 48.0 Å². The first-order valence-electron chi connectivity index (χ1n) is 15.1. The van der Waals surface area contributed by atoms with Crippen LogP contribution in [0.3, 0.4) is 0 Å². The molecule has 0 amide bonds. The second-order valence-electron chi connectivity index (χ2n) is 10.7. The summed E-state index contributed by atoms with van der Waals surface area (Å²) in [6.45, 7) is 17.8. The van der Waals surface area contributed by atoms with Crippen LogP contribution in [0.5, 0.6) is 0 Å². The van der Waals surface area contributed by atoms with Gasteiger partial charge in [-0.15, -0.1) is 23.2 Å². The highest BCUT2D eigenvalue weighted by Gasteiger charge is 2.27. The SMILES string of the molecule is C.C.C=CC(=C)C.CC1=CC(=O)C(Br)=CC1=O.CC1=CC(=O)c2ccc(C)cc2C1=O.CC1=CCC2=C(C1)C(=O)C(C)=CC2=O.ClCCl.[2H][2H]. The molecule has 5 rings (SSSR count). The molecule has 0 aromatic heterocycles. The summed E-state index contributed by atoms with van der Waals surface area (Å²) in [4.78, 5) is 68.2. The van der Waals surface area contributed by atoms with E-state index in [2.05, 4.69) is 29.1 Å². The molecule has 1 aromatic rings. The number of Topliss-reactive ketones (excluding diaryl/α,β-unsaturated/α-hetero) is 2. The molecule has 0 N–H and O–H groups in total. The number of aryl methyl sites for hydroxylation is 1. The van der Waals surface area contributed by atoms with Crippen LogP contribution in [0.25, 0.3) is 0 Å². The number of allylic oxidation sites excluding steroid dienone is 14. The van der Waals surface area contributed by atoms with Gasteiger partial charge in [0.1, 0.15) is 0 Å². The Bertz CT molecular complexity index is 1660. The largest absolute Gasteiger partial charge is 0.290 e. The zero-order valence-electron chi connectivity index (χ0n) is 28.8. The molecule has 1 aromatic carbocycles. The molecule has 0 atom stereocenters. The van der Waals surface area contributed by atoms with Gasteiger partial charge in [-0.05, 0) is 94.6 Å². The summed E-state index contributed by atoms with van der Waals surface area (Å²) in [6.07, 6.45) is 10.5. The molecule has 0 saturated carbocycles. The predicted molar refractivity (Wildman–Crippen MR) is 205 cm³/mol. The van der Waals surface area contributed by atoms with Crippen molar-refractivity contribution in [2.75, 3.05) is 5.34 Å². The summed E-state index contributed by atoms with van der Waals surface area (Å²) < 4.78 is 10.3. The lowest BCUT2D eigenvalue weighted by Crippen LogP contribution is -2.20. The lowest BCUT2D eigenvalue weighted by Gasteiger charge is -2.20. The molecule has 48 heavy (non-hydrogen) atoms. The first kappa shape index (κ1) is 44.2. The van der Waals surface area contributed by atoms with E-state index in [0.717, 1.165) is 16.7 Å². The normalized spacial score (nSPS) is 15.9. The van der Waals surface area contributed by atoms with Gasteiger partial charge >= 0.3 is 0 Å². The Morgan fingerprint density at radius 3 is 1.81 bits per heavy atom. The molecule has 0 bridgehead atoms. The third kappa shape index (κ3) is 13.8. The maximum Gasteiger partial charge on any atom is 0.193 e. The highest BCUT2D eigenvalue weighted by molar-refractivity contribution is 9.12. The first-order valence-corrected chi connectivity index (χ1v) is 15.9. The molecule has 9 heteroatoms. The first-order chi connectivity index (χ1) is 22.5. The molecule has 0 fully saturated rings. The zero-order chi connectivity index (χ0) is 37.3. The van der Waals surface area contributed by atoms with Crippen molar-refractivity contribution in [2.24, 2.45) is 0 Å². The van der Waals surface area contributed by atoms with E-state index < -0.39 is 0 Å². The van der Waals surface area contributed by atoms with Crippen LogP contribution < -0.4 is 0 Å². The van der Waals surface area contributed by atoms with Gasteiger partial charge in [-0.2, -0.15) is 0 Å². The van der Waals surface area contributed by atoms with Crippen LogP contribution in [0.15, 0.2) is 111 Å². The van der Waals surface area contributed by atoms with Crippen LogP contribution in [0.4, 0.5) is 0 Å². The van der Waals surface area contributed by atoms with Crippen LogP contribution in [0, 0.1) is 6.92 Å². The monoisotopic (exact) mass is 762 g/mol. The Labute approximate surface area is 306 Å². The van der Waals surface area contributed by atoms with E-state index in [1.807, 2.05) is 32.9 Å². The lowest BCUT2D eigenvalue weighted by atomic mass is 9.82. The summed E-state index contributed by atoms with van der Waals surface area (Å²) in [5.74, 6) is -0.295. The highest BCUT2D eigenvalue weighted by Crippen LogP contribution is 2.31. The van der Waals surface area contributed by atoms with Crippen LogP contribution in [-0.2, 0) is 19.2 Å². The molecule has 4 aliphatic carbocycles. The highest BCUT2D eigenvalue weighted by atomic mass is 79.9. The van der Waals surface area contributed by atoms with E-state index >= 15 is 0 Å². The summed E-state index contributed by atoms with van der Waals surface area (Å²) in [5.41, 5.74) is 7.26. The number of halogens is 3. The Morgan fingerprint density at radius 1 is 0.792 bits per heavy atom. The van der Waals surface area contributed by atoms with Gasteiger partial charge in [0.25, 0.3) is 0 Å². The molecular formula is C39H47BrCl2O6. The third-order valence-electron chi connectivity index (χ3n) is 6.72. The topological polar surface area (TPSA) is 102 Å². The number of fused-ring (bicyclic) bond motifs is 1. The lowest BCUT2D eigenvalue weighted by molar-refractivity contribution is -0.116. The summed E-state index contributed by atoms with van der Waals surface area (Å²) >= 11 is 12.5. The minimum atomic E-state index is -0.142.